The summed E-state index contributed by atoms with van der Waals surface area (Å²) in [4.78, 5) is 26.7. The molecule has 0 saturated carbocycles. The lowest BCUT2D eigenvalue weighted by atomic mass is 10.2. The van der Waals surface area contributed by atoms with Gasteiger partial charge in [-0.15, -0.1) is 0 Å². The van der Waals surface area contributed by atoms with Crippen LogP contribution in [-0.4, -0.2) is 63.0 Å². The number of hydrogen-bond donors (Lipinski definition) is 2. The number of amides is 2. The van der Waals surface area contributed by atoms with Crippen LogP contribution in [0, 0.1) is 6.92 Å². The molecule has 3 rings (SSSR count). The zero-order valence-electron chi connectivity index (χ0n) is 18.5. The topological polar surface area (TPSA) is 98.8 Å². The molecule has 0 radical (unpaired) electrons. The van der Waals surface area contributed by atoms with Crippen LogP contribution in [0.2, 0.25) is 0 Å². The van der Waals surface area contributed by atoms with Crippen molar-refractivity contribution in [2.24, 2.45) is 0 Å². The predicted molar refractivity (Wildman–Crippen MR) is 126 cm³/mol. The van der Waals surface area contributed by atoms with E-state index >= 15 is 0 Å². The van der Waals surface area contributed by atoms with Crippen LogP contribution in [0.5, 0.6) is 0 Å². The Hall–Kier alpha value is -2.91. The second kappa shape index (κ2) is 10.6. The lowest BCUT2D eigenvalue weighted by Gasteiger charge is -2.35. The van der Waals surface area contributed by atoms with E-state index in [1.165, 1.54) is 10.4 Å². The highest BCUT2D eigenvalue weighted by molar-refractivity contribution is 7.89. The molecule has 1 heterocycles. The minimum atomic E-state index is -3.74. The van der Waals surface area contributed by atoms with Gasteiger partial charge in [0.1, 0.15) is 5.75 Å². The Morgan fingerprint density at radius 3 is 2.41 bits per heavy atom. The average molecular weight is 459 g/mol. The molecular weight excluding hydrogens is 428 g/mol. The molecule has 2 N–H and O–H groups in total. The lowest BCUT2D eigenvalue weighted by Crippen LogP contribution is -2.50. The highest BCUT2D eigenvalue weighted by Crippen LogP contribution is 2.19. The fourth-order valence-electron chi connectivity index (χ4n) is 3.58. The van der Waals surface area contributed by atoms with Gasteiger partial charge in [0.05, 0.1) is 0 Å². The number of carbonyl (C=O) groups excluding carboxylic acids is 2. The molecule has 0 spiro atoms. The van der Waals surface area contributed by atoms with Crippen LogP contribution in [0.1, 0.15) is 29.3 Å². The summed E-state index contributed by atoms with van der Waals surface area (Å²) in [6, 6.07) is 14.6. The van der Waals surface area contributed by atoms with Gasteiger partial charge in [-0.1, -0.05) is 25.1 Å². The maximum atomic E-state index is 12.8. The van der Waals surface area contributed by atoms with E-state index < -0.39 is 21.7 Å². The Labute approximate surface area is 189 Å². The standard InChI is InChI=1S/C23H30N4O4S/c1-3-10-24-23(29)19-7-5-8-20(16-19)25-22(28)17-32(30,31)27-13-11-26(12-14-27)21-9-4-6-18(2)15-21/h4-9,15-16H,3,10-14,17H2,1-2H3,(H,24,29)(H,25,28). The normalized spacial score (nSPS) is 14.8. The maximum Gasteiger partial charge on any atom is 0.251 e. The number of carbonyl (C=O) groups is 2. The number of nitrogens with zero attached hydrogens (tertiary/aromatic N) is 2. The predicted octanol–water partition coefficient (Wildman–Crippen LogP) is 2.23. The molecule has 1 fully saturated rings. The number of piperazine rings is 1. The van der Waals surface area contributed by atoms with Crippen LogP contribution in [0.3, 0.4) is 0 Å². The smallest absolute Gasteiger partial charge is 0.251 e. The third kappa shape index (κ3) is 6.30. The van der Waals surface area contributed by atoms with Crippen LogP contribution in [-0.2, 0) is 14.8 Å². The Morgan fingerprint density at radius 2 is 1.72 bits per heavy atom. The number of rotatable bonds is 8. The zero-order valence-corrected chi connectivity index (χ0v) is 19.3. The molecular formula is C23H30N4O4S. The third-order valence-electron chi connectivity index (χ3n) is 5.26. The molecule has 0 aromatic heterocycles. The molecule has 0 bridgehead atoms. The van der Waals surface area contributed by atoms with Crippen molar-refractivity contribution < 1.29 is 18.0 Å². The molecule has 9 heteroatoms. The lowest BCUT2D eigenvalue weighted by molar-refractivity contribution is -0.113. The monoisotopic (exact) mass is 458 g/mol. The van der Waals surface area contributed by atoms with Gasteiger partial charge in [0.25, 0.3) is 5.91 Å². The van der Waals surface area contributed by atoms with Crippen molar-refractivity contribution in [3.05, 3.63) is 59.7 Å². The Bertz CT molecular complexity index is 1060. The molecule has 1 saturated heterocycles. The van der Waals surface area contributed by atoms with Crippen LogP contribution in [0.25, 0.3) is 0 Å². The molecule has 172 valence electrons. The van der Waals surface area contributed by atoms with Crippen molar-refractivity contribution in [2.75, 3.05) is 48.7 Å². The summed E-state index contributed by atoms with van der Waals surface area (Å²) in [5, 5.41) is 5.36. The summed E-state index contributed by atoms with van der Waals surface area (Å²) in [7, 11) is -3.74. The van der Waals surface area contributed by atoms with E-state index in [0.29, 0.717) is 44.0 Å². The van der Waals surface area contributed by atoms with Crippen molar-refractivity contribution in [2.45, 2.75) is 20.3 Å². The number of nitrogens with one attached hydrogen (secondary N) is 2. The third-order valence-corrected chi connectivity index (χ3v) is 7.04. The first-order chi connectivity index (χ1) is 15.3. The van der Waals surface area contributed by atoms with Gasteiger partial charge in [0.2, 0.25) is 15.9 Å². The number of benzene rings is 2. The van der Waals surface area contributed by atoms with Crippen LogP contribution < -0.4 is 15.5 Å². The van der Waals surface area contributed by atoms with Gasteiger partial charge in [0.15, 0.2) is 0 Å². The summed E-state index contributed by atoms with van der Waals surface area (Å²) in [6.45, 7) is 6.34. The van der Waals surface area contributed by atoms with Gasteiger partial charge >= 0.3 is 0 Å². The summed E-state index contributed by atoms with van der Waals surface area (Å²) >= 11 is 0. The molecule has 0 unspecified atom stereocenters. The fraction of sp³-hybridized carbons (Fsp3) is 0.391. The minimum Gasteiger partial charge on any atom is -0.369 e. The molecule has 1 aliphatic heterocycles. The summed E-state index contributed by atoms with van der Waals surface area (Å²) < 4.78 is 26.9. The van der Waals surface area contributed by atoms with E-state index in [0.717, 1.165) is 17.7 Å². The molecule has 8 nitrogen and oxygen atoms in total. The maximum absolute atomic E-state index is 12.8. The number of aryl methyl sites for hydroxylation is 1. The highest BCUT2D eigenvalue weighted by atomic mass is 32.2. The summed E-state index contributed by atoms with van der Waals surface area (Å²) in [5.41, 5.74) is 3.02. The summed E-state index contributed by atoms with van der Waals surface area (Å²) in [6.07, 6.45) is 0.819. The van der Waals surface area contributed by atoms with Crippen LogP contribution >= 0.6 is 0 Å². The van der Waals surface area contributed by atoms with Crippen molar-refractivity contribution in [3.63, 3.8) is 0 Å². The molecule has 2 aromatic carbocycles. The second-order valence-electron chi connectivity index (χ2n) is 7.87. The molecule has 2 amide bonds. The second-order valence-corrected chi connectivity index (χ2v) is 9.84. The molecule has 0 atom stereocenters. The Morgan fingerprint density at radius 1 is 1.00 bits per heavy atom. The first-order valence-electron chi connectivity index (χ1n) is 10.8. The van der Waals surface area contributed by atoms with E-state index in [4.69, 9.17) is 0 Å². The largest absolute Gasteiger partial charge is 0.369 e. The van der Waals surface area contributed by atoms with E-state index in [9.17, 15) is 18.0 Å². The van der Waals surface area contributed by atoms with Gasteiger partial charge in [-0.25, -0.2) is 8.42 Å². The molecule has 0 aliphatic carbocycles. The zero-order chi connectivity index (χ0) is 23.1. The Balaban J connectivity index is 1.55. The fourth-order valence-corrected chi connectivity index (χ4v) is 4.89. The molecule has 2 aromatic rings. The van der Waals surface area contributed by atoms with Gasteiger partial charge in [-0.2, -0.15) is 4.31 Å². The number of sulfonamides is 1. The van der Waals surface area contributed by atoms with Crippen molar-refractivity contribution >= 4 is 33.2 Å². The summed E-state index contributed by atoms with van der Waals surface area (Å²) in [5.74, 6) is -1.50. The number of hydrogen-bond acceptors (Lipinski definition) is 5. The minimum absolute atomic E-state index is 0.234. The first-order valence-corrected chi connectivity index (χ1v) is 12.4. The highest BCUT2D eigenvalue weighted by Gasteiger charge is 2.29. The van der Waals surface area contributed by atoms with E-state index in [-0.39, 0.29) is 5.91 Å². The van der Waals surface area contributed by atoms with Gasteiger partial charge in [0, 0.05) is 49.7 Å². The van der Waals surface area contributed by atoms with Crippen molar-refractivity contribution in [3.8, 4) is 0 Å². The SMILES string of the molecule is CCCNC(=O)c1cccc(NC(=O)CS(=O)(=O)N2CCN(c3cccc(C)c3)CC2)c1. The van der Waals surface area contributed by atoms with Gasteiger partial charge in [-0.05, 0) is 49.2 Å². The van der Waals surface area contributed by atoms with Crippen LogP contribution in [0.15, 0.2) is 48.5 Å². The van der Waals surface area contributed by atoms with Gasteiger partial charge < -0.3 is 15.5 Å². The van der Waals surface area contributed by atoms with E-state index in [1.54, 1.807) is 18.2 Å². The van der Waals surface area contributed by atoms with Crippen molar-refractivity contribution in [1.82, 2.24) is 9.62 Å². The molecule has 1 aliphatic rings. The number of anilines is 2. The quantitative estimate of drug-likeness (QED) is 0.632. The van der Waals surface area contributed by atoms with Crippen LogP contribution in [0.4, 0.5) is 11.4 Å². The van der Waals surface area contributed by atoms with E-state index in [2.05, 4.69) is 21.6 Å². The Kier molecular flexibility index (Phi) is 7.87. The average Bonchev–Trinajstić information content (AvgIpc) is 2.77. The molecule has 32 heavy (non-hydrogen) atoms. The van der Waals surface area contributed by atoms with E-state index in [1.807, 2.05) is 32.0 Å². The van der Waals surface area contributed by atoms with Gasteiger partial charge in [-0.3, -0.25) is 9.59 Å². The van der Waals surface area contributed by atoms with Crippen molar-refractivity contribution in [1.29, 1.82) is 0 Å². The first kappa shape index (κ1) is 23.7.